The van der Waals surface area contributed by atoms with Crippen LogP contribution < -0.4 is 10.6 Å². The number of rotatable bonds is 4. The van der Waals surface area contributed by atoms with Gasteiger partial charge in [0.05, 0.1) is 0 Å². The van der Waals surface area contributed by atoms with Gasteiger partial charge in [-0.25, -0.2) is 9.38 Å². The second-order valence-corrected chi connectivity index (χ2v) is 6.93. The maximum Gasteiger partial charge on any atom is 0.246 e. The fraction of sp³-hybridized carbons (Fsp3) is 0.579. The van der Waals surface area contributed by atoms with E-state index < -0.39 is 0 Å². The Balaban J connectivity index is 0.00000243. The molecule has 1 amide bonds. The number of carbonyl (C=O) groups is 1. The number of benzene rings is 1. The lowest BCUT2D eigenvalue weighted by Crippen LogP contribution is -2.40. The maximum atomic E-state index is 12.9. The number of nitrogens with zero attached hydrogens (tertiary/aromatic N) is 2. The Morgan fingerprint density at radius 3 is 2.38 bits per heavy atom. The fourth-order valence-corrected chi connectivity index (χ4v) is 3.89. The third kappa shape index (κ3) is 5.56. The number of guanidine groups is 1. The molecular formula is C19H28FIN4O. The summed E-state index contributed by atoms with van der Waals surface area (Å²) in [6, 6.07) is 5.75. The van der Waals surface area contributed by atoms with Crippen molar-refractivity contribution in [3.8, 4) is 0 Å². The predicted octanol–water partition coefficient (Wildman–Crippen LogP) is 3.47. The Labute approximate surface area is 171 Å². The van der Waals surface area contributed by atoms with Crippen molar-refractivity contribution in [2.75, 3.05) is 31.5 Å². The van der Waals surface area contributed by atoms with Crippen LogP contribution in [0.4, 0.5) is 10.1 Å². The summed E-state index contributed by atoms with van der Waals surface area (Å²) < 4.78 is 12.9. The molecule has 26 heavy (non-hydrogen) atoms. The summed E-state index contributed by atoms with van der Waals surface area (Å²) in [5.74, 6) is 1.85. The Hall–Kier alpha value is -1.38. The van der Waals surface area contributed by atoms with Crippen molar-refractivity contribution in [3.63, 3.8) is 0 Å². The SMILES string of the molecule is CCNC(=NCC(=O)Nc1ccc(F)cc1)N1CC2CCCCC2C1.I. The quantitative estimate of drug-likeness (QED) is 0.399. The highest BCUT2D eigenvalue weighted by Gasteiger charge is 2.35. The number of amides is 1. The van der Waals surface area contributed by atoms with Crippen molar-refractivity contribution >= 4 is 41.5 Å². The minimum absolute atomic E-state index is 0. The number of aliphatic imine (C=N–C) groups is 1. The summed E-state index contributed by atoms with van der Waals surface area (Å²) in [4.78, 5) is 18.9. The van der Waals surface area contributed by atoms with E-state index in [2.05, 4.69) is 20.5 Å². The Morgan fingerprint density at radius 2 is 1.81 bits per heavy atom. The molecule has 1 aromatic rings. The zero-order chi connectivity index (χ0) is 17.6. The summed E-state index contributed by atoms with van der Waals surface area (Å²) in [5.41, 5.74) is 0.582. The first-order chi connectivity index (χ1) is 12.2. The minimum Gasteiger partial charge on any atom is -0.357 e. The van der Waals surface area contributed by atoms with Gasteiger partial charge in [0.25, 0.3) is 0 Å². The van der Waals surface area contributed by atoms with E-state index in [-0.39, 0.29) is 42.2 Å². The predicted molar refractivity (Wildman–Crippen MR) is 113 cm³/mol. The summed E-state index contributed by atoms with van der Waals surface area (Å²) in [5, 5.41) is 6.06. The molecule has 0 radical (unpaired) electrons. The summed E-state index contributed by atoms with van der Waals surface area (Å²) in [6.07, 6.45) is 5.29. The molecule has 2 fully saturated rings. The molecule has 1 aliphatic carbocycles. The van der Waals surface area contributed by atoms with Crippen LogP contribution in [-0.2, 0) is 4.79 Å². The van der Waals surface area contributed by atoms with E-state index in [4.69, 9.17) is 0 Å². The van der Waals surface area contributed by atoms with E-state index in [0.29, 0.717) is 5.69 Å². The standard InChI is InChI=1S/C19H27FN4O.HI/c1-2-21-19(24-12-14-5-3-4-6-15(14)13-24)22-11-18(25)23-17-9-7-16(20)8-10-17;/h7-10,14-15H,2-6,11-13H2,1H3,(H,21,22)(H,23,25);1H. The van der Waals surface area contributed by atoms with E-state index in [1.807, 2.05) is 6.92 Å². The number of likely N-dealkylation sites (tertiary alicyclic amines) is 1. The molecule has 2 N–H and O–H groups in total. The van der Waals surface area contributed by atoms with Crippen LogP contribution in [0.2, 0.25) is 0 Å². The Morgan fingerprint density at radius 1 is 1.19 bits per heavy atom. The van der Waals surface area contributed by atoms with Crippen LogP contribution in [0.3, 0.4) is 0 Å². The normalized spacial score (nSPS) is 22.4. The minimum atomic E-state index is -0.319. The Bertz CT molecular complexity index is 608. The zero-order valence-corrected chi connectivity index (χ0v) is 17.5. The van der Waals surface area contributed by atoms with Crippen molar-refractivity contribution in [2.45, 2.75) is 32.6 Å². The number of halogens is 2. The second kappa shape index (κ2) is 10.1. The van der Waals surface area contributed by atoms with E-state index in [0.717, 1.165) is 37.4 Å². The molecule has 1 aliphatic heterocycles. The van der Waals surface area contributed by atoms with E-state index in [9.17, 15) is 9.18 Å². The molecule has 2 atom stereocenters. The molecule has 1 saturated carbocycles. The smallest absolute Gasteiger partial charge is 0.246 e. The number of hydrogen-bond donors (Lipinski definition) is 2. The van der Waals surface area contributed by atoms with Gasteiger partial charge >= 0.3 is 0 Å². The van der Waals surface area contributed by atoms with E-state index >= 15 is 0 Å². The highest BCUT2D eigenvalue weighted by molar-refractivity contribution is 14.0. The van der Waals surface area contributed by atoms with Crippen molar-refractivity contribution < 1.29 is 9.18 Å². The summed E-state index contributed by atoms with van der Waals surface area (Å²) in [6.45, 7) is 4.96. The van der Waals surface area contributed by atoms with Gasteiger partial charge in [-0.15, -0.1) is 24.0 Å². The van der Waals surface area contributed by atoms with Crippen molar-refractivity contribution in [3.05, 3.63) is 30.1 Å². The van der Waals surface area contributed by atoms with Gasteiger partial charge in [-0.05, 0) is 55.9 Å². The molecule has 1 saturated heterocycles. The fourth-order valence-electron chi connectivity index (χ4n) is 3.89. The molecule has 1 heterocycles. The lowest BCUT2D eigenvalue weighted by atomic mass is 9.82. The highest BCUT2D eigenvalue weighted by atomic mass is 127. The molecule has 1 aromatic carbocycles. The molecule has 0 bridgehead atoms. The number of nitrogens with one attached hydrogen (secondary N) is 2. The third-order valence-electron chi connectivity index (χ3n) is 5.11. The van der Waals surface area contributed by atoms with Gasteiger partial charge < -0.3 is 15.5 Å². The van der Waals surface area contributed by atoms with E-state index in [1.54, 1.807) is 12.1 Å². The largest absolute Gasteiger partial charge is 0.357 e. The first-order valence-corrected chi connectivity index (χ1v) is 9.24. The van der Waals surface area contributed by atoms with Crippen LogP contribution in [0, 0.1) is 17.7 Å². The van der Waals surface area contributed by atoms with Gasteiger partial charge in [0.2, 0.25) is 5.91 Å². The van der Waals surface area contributed by atoms with Crippen LogP contribution in [0.25, 0.3) is 0 Å². The lowest BCUT2D eigenvalue weighted by molar-refractivity contribution is -0.114. The molecule has 2 aliphatic rings. The van der Waals surface area contributed by atoms with Gasteiger partial charge in [0.1, 0.15) is 12.4 Å². The van der Waals surface area contributed by atoms with Crippen molar-refractivity contribution in [1.82, 2.24) is 10.2 Å². The van der Waals surface area contributed by atoms with Crippen LogP contribution in [0.15, 0.2) is 29.3 Å². The molecule has 144 valence electrons. The van der Waals surface area contributed by atoms with Crippen molar-refractivity contribution in [1.29, 1.82) is 0 Å². The van der Waals surface area contributed by atoms with Gasteiger partial charge in [0.15, 0.2) is 5.96 Å². The van der Waals surface area contributed by atoms with Crippen LogP contribution in [0.1, 0.15) is 32.6 Å². The third-order valence-corrected chi connectivity index (χ3v) is 5.11. The topological polar surface area (TPSA) is 56.7 Å². The van der Waals surface area contributed by atoms with Crippen molar-refractivity contribution in [2.24, 2.45) is 16.8 Å². The van der Waals surface area contributed by atoms with Crippen LogP contribution >= 0.6 is 24.0 Å². The molecular weight excluding hydrogens is 446 g/mol. The average molecular weight is 474 g/mol. The molecule has 7 heteroatoms. The molecule has 3 rings (SSSR count). The van der Waals surface area contributed by atoms with Gasteiger partial charge in [-0.2, -0.15) is 0 Å². The number of fused-ring (bicyclic) bond motifs is 1. The average Bonchev–Trinajstić information content (AvgIpc) is 3.04. The number of carbonyl (C=O) groups excluding carboxylic acids is 1. The zero-order valence-electron chi connectivity index (χ0n) is 15.2. The molecule has 0 spiro atoms. The number of hydrogen-bond acceptors (Lipinski definition) is 2. The Kier molecular flexibility index (Phi) is 8.12. The summed E-state index contributed by atoms with van der Waals surface area (Å²) >= 11 is 0. The van der Waals surface area contributed by atoms with Gasteiger partial charge in [0, 0.05) is 25.3 Å². The van der Waals surface area contributed by atoms with Crippen LogP contribution in [-0.4, -0.2) is 42.9 Å². The monoisotopic (exact) mass is 474 g/mol. The van der Waals surface area contributed by atoms with Gasteiger partial charge in [-0.1, -0.05) is 12.8 Å². The molecule has 0 aromatic heterocycles. The maximum absolute atomic E-state index is 12.9. The first-order valence-electron chi connectivity index (χ1n) is 9.24. The first kappa shape index (κ1) is 20.9. The molecule has 5 nitrogen and oxygen atoms in total. The van der Waals surface area contributed by atoms with Crippen LogP contribution in [0.5, 0.6) is 0 Å². The number of anilines is 1. The summed E-state index contributed by atoms with van der Waals surface area (Å²) in [7, 11) is 0. The highest BCUT2D eigenvalue weighted by Crippen LogP contribution is 2.35. The second-order valence-electron chi connectivity index (χ2n) is 6.93. The lowest BCUT2D eigenvalue weighted by Gasteiger charge is -2.22. The van der Waals surface area contributed by atoms with E-state index in [1.165, 1.54) is 37.8 Å². The molecule has 2 unspecified atom stereocenters. The van der Waals surface area contributed by atoms with Gasteiger partial charge in [-0.3, -0.25) is 4.79 Å².